The third kappa shape index (κ3) is 5.00. The van der Waals surface area contributed by atoms with Gasteiger partial charge in [0.05, 0.1) is 18.9 Å². The monoisotopic (exact) mass is 334 g/mol. The van der Waals surface area contributed by atoms with Crippen molar-refractivity contribution >= 4 is 21.6 Å². The zero-order valence-corrected chi connectivity index (χ0v) is 13.7. The Morgan fingerprint density at radius 2 is 1.87 bits per heavy atom. The summed E-state index contributed by atoms with van der Waals surface area (Å²) >= 11 is 0. The number of amides is 1. The number of hydrogen-bond donors (Lipinski definition) is 2. The van der Waals surface area contributed by atoms with Gasteiger partial charge in [-0.15, -0.1) is 0 Å². The van der Waals surface area contributed by atoms with Gasteiger partial charge < -0.3 is 10.1 Å². The zero-order valence-electron chi connectivity index (χ0n) is 12.9. The Kier molecular flexibility index (Phi) is 5.23. The Morgan fingerprint density at radius 1 is 1.13 bits per heavy atom. The molecule has 0 aliphatic rings. The summed E-state index contributed by atoms with van der Waals surface area (Å²) in [7, 11) is -1.82. The summed E-state index contributed by atoms with van der Waals surface area (Å²) in [4.78, 5) is 12.2. The zero-order chi connectivity index (χ0) is 16.9. The Hall–Kier alpha value is -2.54. The molecule has 0 atom stereocenters. The van der Waals surface area contributed by atoms with Crippen molar-refractivity contribution in [2.45, 2.75) is 6.54 Å². The first-order chi connectivity index (χ1) is 10.9. The molecule has 122 valence electrons. The van der Waals surface area contributed by atoms with Crippen LogP contribution in [0.2, 0.25) is 0 Å². The van der Waals surface area contributed by atoms with Crippen LogP contribution in [0, 0.1) is 0 Å². The van der Waals surface area contributed by atoms with Crippen LogP contribution in [0.15, 0.2) is 48.5 Å². The lowest BCUT2D eigenvalue weighted by Gasteiger charge is -2.10. The topological polar surface area (TPSA) is 84.5 Å². The van der Waals surface area contributed by atoms with Crippen LogP contribution in [0.1, 0.15) is 15.9 Å². The molecule has 2 rings (SSSR count). The van der Waals surface area contributed by atoms with Gasteiger partial charge in [0.15, 0.2) is 0 Å². The molecule has 0 heterocycles. The Morgan fingerprint density at radius 3 is 2.57 bits per heavy atom. The van der Waals surface area contributed by atoms with E-state index in [0.717, 1.165) is 11.8 Å². The second-order valence-corrected chi connectivity index (χ2v) is 6.71. The third-order valence-corrected chi connectivity index (χ3v) is 3.64. The van der Waals surface area contributed by atoms with Crippen molar-refractivity contribution in [3.05, 3.63) is 59.7 Å². The van der Waals surface area contributed by atoms with Gasteiger partial charge in [-0.3, -0.25) is 9.52 Å². The van der Waals surface area contributed by atoms with Crippen LogP contribution in [-0.4, -0.2) is 27.7 Å². The number of rotatable bonds is 6. The van der Waals surface area contributed by atoms with Gasteiger partial charge in [0.25, 0.3) is 5.91 Å². The maximum Gasteiger partial charge on any atom is 0.255 e. The van der Waals surface area contributed by atoms with Crippen LogP contribution in [0.5, 0.6) is 5.75 Å². The summed E-state index contributed by atoms with van der Waals surface area (Å²) in [5, 5.41) is 2.78. The minimum absolute atomic E-state index is 0.260. The molecular weight excluding hydrogens is 316 g/mol. The number of para-hydroxylation sites is 1. The van der Waals surface area contributed by atoms with Gasteiger partial charge in [0, 0.05) is 12.2 Å². The molecule has 2 aromatic carbocycles. The molecular formula is C16H18N2O4S. The van der Waals surface area contributed by atoms with Gasteiger partial charge in [0.2, 0.25) is 10.0 Å². The first kappa shape index (κ1) is 16.8. The maximum absolute atomic E-state index is 12.2. The quantitative estimate of drug-likeness (QED) is 0.846. The van der Waals surface area contributed by atoms with E-state index in [2.05, 4.69) is 10.0 Å². The van der Waals surface area contributed by atoms with Crippen molar-refractivity contribution in [1.29, 1.82) is 0 Å². The van der Waals surface area contributed by atoms with E-state index in [1.54, 1.807) is 48.5 Å². The molecule has 0 fully saturated rings. The first-order valence-electron chi connectivity index (χ1n) is 6.87. The van der Waals surface area contributed by atoms with E-state index in [1.807, 2.05) is 0 Å². The minimum atomic E-state index is -3.33. The number of sulfonamides is 1. The molecule has 0 aliphatic carbocycles. The highest BCUT2D eigenvalue weighted by Crippen LogP contribution is 2.17. The molecule has 0 saturated carbocycles. The number of anilines is 1. The number of carbonyl (C=O) groups is 1. The molecule has 0 radical (unpaired) electrons. The Labute approximate surface area is 135 Å². The molecule has 0 unspecified atom stereocenters. The van der Waals surface area contributed by atoms with E-state index in [0.29, 0.717) is 17.0 Å². The fraction of sp³-hybridized carbons (Fsp3) is 0.188. The van der Waals surface area contributed by atoms with Crippen molar-refractivity contribution in [3.8, 4) is 5.75 Å². The number of methoxy groups -OCH3 is 1. The normalized spacial score (nSPS) is 10.9. The van der Waals surface area contributed by atoms with Gasteiger partial charge in [0.1, 0.15) is 5.75 Å². The van der Waals surface area contributed by atoms with Crippen molar-refractivity contribution in [1.82, 2.24) is 5.32 Å². The number of ether oxygens (including phenoxy) is 1. The van der Waals surface area contributed by atoms with Crippen molar-refractivity contribution in [2.24, 2.45) is 0 Å². The maximum atomic E-state index is 12.2. The average molecular weight is 334 g/mol. The minimum Gasteiger partial charge on any atom is -0.496 e. The predicted molar refractivity (Wildman–Crippen MR) is 89.1 cm³/mol. The molecule has 1 amide bonds. The van der Waals surface area contributed by atoms with Crippen LogP contribution in [-0.2, 0) is 16.6 Å². The molecule has 7 heteroatoms. The fourth-order valence-electron chi connectivity index (χ4n) is 2.07. The highest BCUT2D eigenvalue weighted by Gasteiger charge is 2.11. The number of carbonyl (C=O) groups excluding carboxylic acids is 1. The number of benzene rings is 2. The van der Waals surface area contributed by atoms with Crippen LogP contribution < -0.4 is 14.8 Å². The molecule has 0 spiro atoms. The molecule has 2 aromatic rings. The van der Waals surface area contributed by atoms with E-state index in [1.165, 1.54) is 7.11 Å². The lowest BCUT2D eigenvalue weighted by molar-refractivity contribution is 0.0948. The number of hydrogen-bond acceptors (Lipinski definition) is 4. The van der Waals surface area contributed by atoms with Crippen molar-refractivity contribution in [2.75, 3.05) is 18.1 Å². The van der Waals surface area contributed by atoms with E-state index in [4.69, 9.17) is 4.74 Å². The second kappa shape index (κ2) is 7.15. The van der Waals surface area contributed by atoms with E-state index >= 15 is 0 Å². The Bertz CT molecular complexity index is 803. The smallest absolute Gasteiger partial charge is 0.255 e. The summed E-state index contributed by atoms with van der Waals surface area (Å²) < 4.78 is 30.0. The highest BCUT2D eigenvalue weighted by molar-refractivity contribution is 7.92. The van der Waals surface area contributed by atoms with Gasteiger partial charge in [-0.1, -0.05) is 24.3 Å². The first-order valence-corrected chi connectivity index (χ1v) is 8.76. The van der Waals surface area contributed by atoms with Crippen molar-refractivity contribution in [3.63, 3.8) is 0 Å². The van der Waals surface area contributed by atoms with E-state index in [-0.39, 0.29) is 12.5 Å². The predicted octanol–water partition coefficient (Wildman–Crippen LogP) is 2.00. The molecule has 0 bridgehead atoms. The van der Waals surface area contributed by atoms with Gasteiger partial charge in [-0.05, 0) is 29.8 Å². The van der Waals surface area contributed by atoms with Crippen LogP contribution >= 0.6 is 0 Å². The van der Waals surface area contributed by atoms with Gasteiger partial charge in [-0.2, -0.15) is 0 Å². The summed E-state index contributed by atoms with van der Waals surface area (Å²) in [5.41, 5.74) is 1.68. The summed E-state index contributed by atoms with van der Waals surface area (Å²) in [5.74, 6) is 0.237. The molecule has 0 saturated heterocycles. The lowest BCUT2D eigenvalue weighted by atomic mass is 10.1. The van der Waals surface area contributed by atoms with Crippen LogP contribution in [0.4, 0.5) is 5.69 Å². The molecule has 23 heavy (non-hydrogen) atoms. The summed E-state index contributed by atoms with van der Waals surface area (Å²) in [6.45, 7) is 0.274. The van der Waals surface area contributed by atoms with Gasteiger partial charge in [-0.25, -0.2) is 8.42 Å². The summed E-state index contributed by atoms with van der Waals surface area (Å²) in [6.07, 6.45) is 1.09. The van der Waals surface area contributed by atoms with Crippen LogP contribution in [0.3, 0.4) is 0 Å². The molecule has 2 N–H and O–H groups in total. The number of nitrogens with one attached hydrogen (secondary N) is 2. The third-order valence-electron chi connectivity index (χ3n) is 3.03. The Balaban J connectivity index is 2.06. The van der Waals surface area contributed by atoms with Crippen LogP contribution in [0.25, 0.3) is 0 Å². The molecule has 6 nitrogen and oxygen atoms in total. The second-order valence-electron chi connectivity index (χ2n) is 4.96. The molecule has 0 aliphatic heterocycles. The highest BCUT2D eigenvalue weighted by atomic mass is 32.2. The SMILES string of the molecule is COc1ccccc1C(=O)NCc1cccc(NS(C)(=O)=O)c1. The van der Waals surface area contributed by atoms with E-state index in [9.17, 15) is 13.2 Å². The van der Waals surface area contributed by atoms with Gasteiger partial charge >= 0.3 is 0 Å². The lowest BCUT2D eigenvalue weighted by Crippen LogP contribution is -2.23. The molecule has 0 aromatic heterocycles. The van der Waals surface area contributed by atoms with E-state index < -0.39 is 10.0 Å². The summed E-state index contributed by atoms with van der Waals surface area (Å²) in [6, 6.07) is 13.8. The van der Waals surface area contributed by atoms with Crippen molar-refractivity contribution < 1.29 is 17.9 Å². The largest absolute Gasteiger partial charge is 0.496 e. The fourth-order valence-corrected chi connectivity index (χ4v) is 2.62. The standard InChI is InChI=1S/C16H18N2O4S/c1-22-15-9-4-3-8-14(15)16(19)17-11-12-6-5-7-13(10-12)18-23(2,20)21/h3-10,18H,11H2,1-2H3,(H,17,19). The average Bonchev–Trinajstić information content (AvgIpc) is 2.51.